The predicted octanol–water partition coefficient (Wildman–Crippen LogP) is 4.75. The van der Waals surface area contributed by atoms with E-state index in [0.29, 0.717) is 33.5 Å². The van der Waals surface area contributed by atoms with E-state index in [1.807, 2.05) is 18.2 Å². The summed E-state index contributed by atoms with van der Waals surface area (Å²) in [4.78, 5) is 27.9. The van der Waals surface area contributed by atoms with Gasteiger partial charge in [-0.05, 0) is 48.0 Å². The molecule has 1 N–H and O–H groups in total. The van der Waals surface area contributed by atoms with E-state index in [9.17, 15) is 9.59 Å². The number of ether oxygens (including phenoxy) is 2. The second-order valence-corrected chi connectivity index (χ2v) is 7.14. The molecule has 6 nitrogen and oxygen atoms in total. The van der Waals surface area contributed by atoms with Crippen molar-refractivity contribution in [1.82, 2.24) is 0 Å². The lowest BCUT2D eigenvalue weighted by molar-refractivity contribution is -0.120. The summed E-state index contributed by atoms with van der Waals surface area (Å²) < 4.78 is 10.4. The van der Waals surface area contributed by atoms with Crippen LogP contribution in [0.15, 0.2) is 78.5 Å². The molecule has 0 saturated carbocycles. The lowest BCUT2D eigenvalue weighted by Crippen LogP contribution is -2.32. The topological polar surface area (TPSA) is 67.9 Å². The Morgan fingerprint density at radius 3 is 2.16 bits per heavy atom. The molecule has 0 atom stereocenters. The van der Waals surface area contributed by atoms with Gasteiger partial charge in [-0.1, -0.05) is 41.9 Å². The van der Waals surface area contributed by atoms with Gasteiger partial charge in [-0.3, -0.25) is 9.59 Å². The molecule has 0 fully saturated rings. The zero-order valence-corrected chi connectivity index (χ0v) is 17.6. The third-order valence-corrected chi connectivity index (χ3v) is 5.19. The number of halogens is 1. The van der Waals surface area contributed by atoms with E-state index in [0.717, 1.165) is 4.90 Å². The first-order valence-corrected chi connectivity index (χ1v) is 9.84. The van der Waals surface area contributed by atoms with Crippen molar-refractivity contribution in [1.29, 1.82) is 0 Å². The van der Waals surface area contributed by atoms with Crippen molar-refractivity contribution in [3.63, 3.8) is 0 Å². The van der Waals surface area contributed by atoms with Gasteiger partial charge in [0.2, 0.25) is 0 Å². The number of nitrogens with zero attached hydrogens (tertiary/aromatic N) is 1. The van der Waals surface area contributed by atoms with E-state index in [2.05, 4.69) is 5.32 Å². The largest absolute Gasteiger partial charge is 0.497 e. The second kappa shape index (κ2) is 8.53. The van der Waals surface area contributed by atoms with Gasteiger partial charge in [0.1, 0.15) is 17.2 Å². The molecule has 2 amide bonds. The lowest BCUT2D eigenvalue weighted by Gasteiger charge is -2.16. The number of methoxy groups -OCH3 is 2. The Morgan fingerprint density at radius 1 is 0.839 bits per heavy atom. The highest BCUT2D eigenvalue weighted by atomic mass is 35.5. The molecule has 1 heterocycles. The minimum Gasteiger partial charge on any atom is -0.497 e. The number of carbonyl (C=O) groups excluding carboxylic acids is 2. The first-order chi connectivity index (χ1) is 15.0. The molecular weight excluding hydrogens is 416 g/mol. The van der Waals surface area contributed by atoms with Crippen molar-refractivity contribution in [2.75, 3.05) is 24.4 Å². The number of nitrogens with one attached hydrogen (secondary N) is 1. The molecular formula is C24H19ClN2O4. The minimum atomic E-state index is -0.471. The number of rotatable bonds is 6. The molecule has 1 aliphatic heterocycles. The number of benzene rings is 3. The minimum absolute atomic E-state index is 0.188. The van der Waals surface area contributed by atoms with Gasteiger partial charge in [-0.25, -0.2) is 4.90 Å². The fourth-order valence-electron chi connectivity index (χ4n) is 3.37. The van der Waals surface area contributed by atoms with Crippen molar-refractivity contribution in [2.24, 2.45) is 0 Å². The van der Waals surface area contributed by atoms with Crippen LogP contribution in [-0.4, -0.2) is 26.0 Å². The number of anilines is 2. The third kappa shape index (κ3) is 3.85. The van der Waals surface area contributed by atoms with Gasteiger partial charge in [0.25, 0.3) is 11.8 Å². The van der Waals surface area contributed by atoms with E-state index < -0.39 is 11.8 Å². The maximum atomic E-state index is 13.4. The van der Waals surface area contributed by atoms with Crippen molar-refractivity contribution < 1.29 is 19.1 Å². The van der Waals surface area contributed by atoms with Crippen LogP contribution in [-0.2, 0) is 9.59 Å². The third-order valence-electron chi connectivity index (χ3n) is 4.90. The predicted molar refractivity (Wildman–Crippen MR) is 120 cm³/mol. The molecule has 0 bridgehead atoms. The second-order valence-electron chi connectivity index (χ2n) is 6.73. The SMILES string of the molecule is COc1ccc(NC2=C(c3ccccc3)C(=O)N(c3ccc(OC)c(Cl)c3)C2=O)cc1. The van der Waals surface area contributed by atoms with Crippen molar-refractivity contribution in [3.8, 4) is 11.5 Å². The van der Waals surface area contributed by atoms with Crippen molar-refractivity contribution in [2.45, 2.75) is 0 Å². The van der Waals surface area contributed by atoms with Crippen LogP contribution in [0.3, 0.4) is 0 Å². The van der Waals surface area contributed by atoms with Crippen LogP contribution in [0.4, 0.5) is 11.4 Å². The summed E-state index contributed by atoms with van der Waals surface area (Å²) in [6, 6.07) is 20.9. The molecule has 0 spiro atoms. The molecule has 7 heteroatoms. The lowest BCUT2D eigenvalue weighted by atomic mass is 10.0. The summed E-state index contributed by atoms with van der Waals surface area (Å²) in [5.41, 5.74) is 2.13. The quantitative estimate of drug-likeness (QED) is 0.567. The van der Waals surface area contributed by atoms with Crippen LogP contribution >= 0.6 is 11.6 Å². The Hall–Kier alpha value is -3.77. The normalized spacial score (nSPS) is 13.6. The summed E-state index contributed by atoms with van der Waals surface area (Å²) in [5, 5.41) is 3.42. The highest BCUT2D eigenvalue weighted by Gasteiger charge is 2.40. The molecule has 0 saturated heterocycles. The number of imide groups is 1. The van der Waals surface area contributed by atoms with Crippen LogP contribution in [0.2, 0.25) is 5.02 Å². The number of hydrogen-bond donors (Lipinski definition) is 1. The summed E-state index contributed by atoms with van der Waals surface area (Å²) in [6.07, 6.45) is 0. The van der Waals surface area contributed by atoms with E-state index >= 15 is 0 Å². The summed E-state index contributed by atoms with van der Waals surface area (Å²) in [5.74, 6) is 0.234. The molecule has 3 aromatic carbocycles. The van der Waals surface area contributed by atoms with Gasteiger partial charge < -0.3 is 14.8 Å². The maximum absolute atomic E-state index is 13.4. The molecule has 4 rings (SSSR count). The monoisotopic (exact) mass is 434 g/mol. The van der Waals surface area contributed by atoms with Gasteiger partial charge >= 0.3 is 0 Å². The van der Waals surface area contributed by atoms with Crippen LogP contribution in [0.5, 0.6) is 11.5 Å². The van der Waals surface area contributed by atoms with E-state index in [-0.39, 0.29) is 11.3 Å². The standard InChI is InChI=1S/C24H19ClN2O4/c1-30-18-11-8-16(9-12-18)26-22-21(15-6-4-3-5-7-15)23(28)27(24(22)29)17-10-13-20(31-2)19(25)14-17/h3-14,26H,1-2H3. The molecule has 156 valence electrons. The molecule has 31 heavy (non-hydrogen) atoms. The molecule has 1 aliphatic rings. The molecule has 0 unspecified atom stereocenters. The first-order valence-electron chi connectivity index (χ1n) is 9.46. The average Bonchev–Trinajstić information content (AvgIpc) is 3.04. The highest BCUT2D eigenvalue weighted by molar-refractivity contribution is 6.46. The summed E-state index contributed by atoms with van der Waals surface area (Å²) >= 11 is 6.24. The molecule has 0 radical (unpaired) electrons. The van der Waals surface area contributed by atoms with E-state index in [4.69, 9.17) is 21.1 Å². The fourth-order valence-corrected chi connectivity index (χ4v) is 3.62. The van der Waals surface area contributed by atoms with Crippen LogP contribution in [0, 0.1) is 0 Å². The van der Waals surface area contributed by atoms with Gasteiger partial charge in [0.15, 0.2) is 0 Å². The van der Waals surface area contributed by atoms with Gasteiger partial charge in [-0.15, -0.1) is 0 Å². The van der Waals surface area contributed by atoms with Crippen LogP contribution < -0.4 is 19.7 Å². The van der Waals surface area contributed by atoms with E-state index in [1.165, 1.54) is 13.2 Å². The zero-order chi connectivity index (χ0) is 22.0. The zero-order valence-electron chi connectivity index (χ0n) is 16.9. The van der Waals surface area contributed by atoms with Crippen LogP contribution in [0.25, 0.3) is 5.57 Å². The maximum Gasteiger partial charge on any atom is 0.282 e. The van der Waals surface area contributed by atoms with Crippen LogP contribution in [0.1, 0.15) is 5.56 Å². The summed E-state index contributed by atoms with van der Waals surface area (Å²) in [6.45, 7) is 0. The Balaban J connectivity index is 1.77. The Morgan fingerprint density at radius 2 is 1.55 bits per heavy atom. The smallest absolute Gasteiger partial charge is 0.282 e. The highest BCUT2D eigenvalue weighted by Crippen LogP contribution is 2.36. The molecule has 0 aromatic heterocycles. The molecule has 3 aromatic rings. The van der Waals surface area contributed by atoms with Gasteiger partial charge in [0.05, 0.1) is 30.5 Å². The summed E-state index contributed by atoms with van der Waals surface area (Å²) in [7, 11) is 3.08. The fraction of sp³-hybridized carbons (Fsp3) is 0.0833. The average molecular weight is 435 g/mol. The Bertz CT molecular complexity index is 1170. The van der Waals surface area contributed by atoms with E-state index in [1.54, 1.807) is 55.6 Å². The number of carbonyl (C=O) groups is 2. The van der Waals surface area contributed by atoms with Crippen molar-refractivity contribution in [3.05, 3.63) is 89.1 Å². The Labute approximate surface area is 184 Å². The number of amides is 2. The first kappa shape index (κ1) is 20.5. The Kier molecular flexibility index (Phi) is 5.64. The number of hydrogen-bond acceptors (Lipinski definition) is 5. The van der Waals surface area contributed by atoms with Gasteiger partial charge in [0, 0.05) is 5.69 Å². The van der Waals surface area contributed by atoms with Gasteiger partial charge in [-0.2, -0.15) is 0 Å². The molecule has 0 aliphatic carbocycles. The van der Waals surface area contributed by atoms with Crippen molar-refractivity contribution >= 4 is 40.4 Å².